The van der Waals surface area contributed by atoms with Crippen molar-refractivity contribution in [3.05, 3.63) is 23.9 Å². The summed E-state index contributed by atoms with van der Waals surface area (Å²) in [6.45, 7) is 4.49. The first kappa shape index (κ1) is 9.71. The molecule has 0 bridgehead atoms. The molecular weight excluding hydrogens is 164 g/mol. The summed E-state index contributed by atoms with van der Waals surface area (Å²) in [5.41, 5.74) is 0.713. The van der Waals surface area contributed by atoms with Crippen molar-refractivity contribution in [2.75, 3.05) is 18.5 Å². The van der Waals surface area contributed by atoms with Crippen LogP contribution < -0.4 is 4.90 Å². The molecule has 70 valence electrons. The molecule has 1 heterocycles. The molecular formula is C10H14N2O. The molecule has 0 unspecified atom stereocenters. The van der Waals surface area contributed by atoms with Crippen molar-refractivity contribution in [2.45, 2.75) is 13.8 Å². The number of carbonyl (C=O) groups excluding carboxylic acids is 1. The standard InChI is InChI=1S/C10H14N2O/c1-4-12(3)10-7-9(8(2)13)5-6-11-10/h5-7H,4H2,1-3H3. The topological polar surface area (TPSA) is 33.2 Å². The van der Waals surface area contributed by atoms with E-state index in [1.807, 2.05) is 24.9 Å². The third-order valence-corrected chi connectivity index (χ3v) is 2.02. The van der Waals surface area contributed by atoms with E-state index in [2.05, 4.69) is 4.98 Å². The Bertz CT molecular complexity index is 310. The van der Waals surface area contributed by atoms with Gasteiger partial charge in [-0.2, -0.15) is 0 Å². The maximum absolute atomic E-state index is 11.1. The number of hydrogen-bond acceptors (Lipinski definition) is 3. The monoisotopic (exact) mass is 178 g/mol. The maximum Gasteiger partial charge on any atom is 0.159 e. The molecule has 1 aromatic heterocycles. The van der Waals surface area contributed by atoms with Crippen molar-refractivity contribution in [1.82, 2.24) is 4.98 Å². The van der Waals surface area contributed by atoms with E-state index in [4.69, 9.17) is 0 Å². The highest BCUT2D eigenvalue weighted by molar-refractivity contribution is 5.94. The van der Waals surface area contributed by atoms with Gasteiger partial charge in [0.1, 0.15) is 5.82 Å². The van der Waals surface area contributed by atoms with E-state index in [-0.39, 0.29) is 5.78 Å². The molecule has 0 aliphatic carbocycles. The minimum absolute atomic E-state index is 0.0770. The molecule has 3 heteroatoms. The van der Waals surface area contributed by atoms with Crippen LogP contribution in [0.4, 0.5) is 5.82 Å². The van der Waals surface area contributed by atoms with Gasteiger partial charge in [0.2, 0.25) is 0 Å². The van der Waals surface area contributed by atoms with Crippen molar-refractivity contribution in [3.63, 3.8) is 0 Å². The molecule has 1 rings (SSSR count). The molecule has 0 saturated carbocycles. The van der Waals surface area contributed by atoms with Crippen LogP contribution in [0.5, 0.6) is 0 Å². The molecule has 3 nitrogen and oxygen atoms in total. The second-order valence-corrected chi connectivity index (χ2v) is 2.97. The van der Waals surface area contributed by atoms with Crippen LogP contribution in [0.3, 0.4) is 0 Å². The second kappa shape index (κ2) is 4.03. The average Bonchev–Trinajstić information content (AvgIpc) is 2.17. The predicted molar refractivity (Wildman–Crippen MR) is 53.2 cm³/mol. The summed E-state index contributed by atoms with van der Waals surface area (Å²) in [6, 6.07) is 3.54. The number of anilines is 1. The summed E-state index contributed by atoms with van der Waals surface area (Å²) >= 11 is 0. The van der Waals surface area contributed by atoms with Crippen LogP contribution >= 0.6 is 0 Å². The quantitative estimate of drug-likeness (QED) is 0.661. The number of Topliss-reactive ketones (excluding diaryl/α,β-unsaturated/α-hetero) is 1. The lowest BCUT2D eigenvalue weighted by molar-refractivity contribution is 0.101. The van der Waals surface area contributed by atoms with Gasteiger partial charge in [-0.1, -0.05) is 0 Å². The van der Waals surface area contributed by atoms with Gasteiger partial charge in [0.15, 0.2) is 5.78 Å². The highest BCUT2D eigenvalue weighted by Crippen LogP contribution is 2.10. The Hall–Kier alpha value is -1.38. The van der Waals surface area contributed by atoms with Crippen LogP contribution in [-0.2, 0) is 0 Å². The minimum atomic E-state index is 0.0770. The fourth-order valence-corrected chi connectivity index (χ4v) is 1.01. The summed E-state index contributed by atoms with van der Waals surface area (Å²) in [4.78, 5) is 17.2. The number of carbonyl (C=O) groups is 1. The third-order valence-electron chi connectivity index (χ3n) is 2.02. The Morgan fingerprint density at radius 3 is 2.85 bits per heavy atom. The highest BCUT2D eigenvalue weighted by atomic mass is 16.1. The van der Waals surface area contributed by atoms with Crippen molar-refractivity contribution in [3.8, 4) is 0 Å². The number of nitrogens with zero attached hydrogens (tertiary/aromatic N) is 2. The van der Waals surface area contributed by atoms with Crippen LogP contribution in [0.15, 0.2) is 18.3 Å². The van der Waals surface area contributed by atoms with Gasteiger partial charge in [0.25, 0.3) is 0 Å². The maximum atomic E-state index is 11.1. The molecule has 0 amide bonds. The Balaban J connectivity index is 2.98. The Morgan fingerprint density at radius 1 is 1.62 bits per heavy atom. The van der Waals surface area contributed by atoms with Crippen LogP contribution in [0.25, 0.3) is 0 Å². The predicted octanol–water partition coefficient (Wildman–Crippen LogP) is 1.74. The molecule has 0 saturated heterocycles. The van der Waals surface area contributed by atoms with Gasteiger partial charge in [-0.3, -0.25) is 4.79 Å². The van der Waals surface area contributed by atoms with Gasteiger partial charge in [-0.25, -0.2) is 4.98 Å². The van der Waals surface area contributed by atoms with E-state index >= 15 is 0 Å². The first-order chi connectivity index (χ1) is 6.15. The van der Waals surface area contributed by atoms with E-state index in [0.29, 0.717) is 5.56 Å². The summed E-state index contributed by atoms with van der Waals surface area (Å²) in [5.74, 6) is 0.920. The van der Waals surface area contributed by atoms with Gasteiger partial charge >= 0.3 is 0 Å². The molecule has 0 spiro atoms. The third kappa shape index (κ3) is 2.28. The van der Waals surface area contributed by atoms with Crippen LogP contribution in [0.1, 0.15) is 24.2 Å². The van der Waals surface area contributed by atoms with E-state index in [1.165, 1.54) is 0 Å². The smallest absolute Gasteiger partial charge is 0.159 e. The first-order valence-electron chi connectivity index (χ1n) is 4.33. The number of hydrogen-bond donors (Lipinski definition) is 0. The Labute approximate surface area is 78.4 Å². The zero-order valence-corrected chi connectivity index (χ0v) is 8.24. The molecule has 0 aliphatic rings. The van der Waals surface area contributed by atoms with Crippen LogP contribution in [0, 0.1) is 0 Å². The first-order valence-corrected chi connectivity index (χ1v) is 4.33. The number of pyridine rings is 1. The summed E-state index contributed by atoms with van der Waals surface area (Å²) in [7, 11) is 1.95. The fourth-order valence-electron chi connectivity index (χ4n) is 1.01. The van der Waals surface area contributed by atoms with Gasteiger partial charge in [-0.05, 0) is 26.0 Å². The zero-order chi connectivity index (χ0) is 9.84. The molecule has 0 aromatic carbocycles. The van der Waals surface area contributed by atoms with E-state index < -0.39 is 0 Å². The summed E-state index contributed by atoms with van der Waals surface area (Å²) < 4.78 is 0. The normalized spacial score (nSPS) is 9.77. The largest absolute Gasteiger partial charge is 0.360 e. The van der Waals surface area contributed by atoms with E-state index in [0.717, 1.165) is 12.4 Å². The molecule has 0 fully saturated rings. The van der Waals surface area contributed by atoms with Crippen LogP contribution in [-0.4, -0.2) is 24.4 Å². The fraction of sp³-hybridized carbons (Fsp3) is 0.400. The average molecular weight is 178 g/mol. The van der Waals surface area contributed by atoms with Crippen molar-refractivity contribution >= 4 is 11.6 Å². The molecule has 0 N–H and O–H groups in total. The molecule has 0 aliphatic heterocycles. The van der Waals surface area contributed by atoms with Crippen molar-refractivity contribution < 1.29 is 4.79 Å². The Morgan fingerprint density at radius 2 is 2.31 bits per heavy atom. The van der Waals surface area contributed by atoms with Gasteiger partial charge in [-0.15, -0.1) is 0 Å². The lowest BCUT2D eigenvalue weighted by Gasteiger charge is -2.15. The number of ketones is 1. The zero-order valence-electron chi connectivity index (χ0n) is 8.24. The minimum Gasteiger partial charge on any atom is -0.360 e. The highest BCUT2D eigenvalue weighted by Gasteiger charge is 2.03. The number of aromatic nitrogens is 1. The Kier molecular flexibility index (Phi) is 3.01. The summed E-state index contributed by atoms with van der Waals surface area (Å²) in [6.07, 6.45) is 1.66. The summed E-state index contributed by atoms with van der Waals surface area (Å²) in [5, 5.41) is 0. The molecule has 0 radical (unpaired) electrons. The number of rotatable bonds is 3. The lowest BCUT2D eigenvalue weighted by atomic mass is 10.2. The van der Waals surface area contributed by atoms with E-state index in [1.54, 1.807) is 19.2 Å². The van der Waals surface area contributed by atoms with E-state index in [9.17, 15) is 4.79 Å². The van der Waals surface area contributed by atoms with Gasteiger partial charge in [0, 0.05) is 25.4 Å². The molecule has 0 atom stereocenters. The SMILES string of the molecule is CCN(C)c1cc(C(C)=O)ccn1. The molecule has 1 aromatic rings. The second-order valence-electron chi connectivity index (χ2n) is 2.97. The van der Waals surface area contributed by atoms with Gasteiger partial charge < -0.3 is 4.90 Å². The van der Waals surface area contributed by atoms with Crippen molar-refractivity contribution in [1.29, 1.82) is 0 Å². The van der Waals surface area contributed by atoms with Gasteiger partial charge in [0.05, 0.1) is 0 Å². The van der Waals surface area contributed by atoms with Crippen molar-refractivity contribution in [2.24, 2.45) is 0 Å². The lowest BCUT2D eigenvalue weighted by Crippen LogP contribution is -2.17. The molecule has 13 heavy (non-hydrogen) atoms. The van der Waals surface area contributed by atoms with Crippen LogP contribution in [0.2, 0.25) is 0 Å².